The first-order valence-electron chi connectivity index (χ1n) is 7.64. The first-order chi connectivity index (χ1) is 9.60. The van der Waals surface area contributed by atoms with Gasteiger partial charge in [-0.25, -0.2) is 0 Å². The number of hydrogen-bond acceptors (Lipinski definition) is 5. The molecule has 0 amide bonds. The van der Waals surface area contributed by atoms with Gasteiger partial charge in [0, 0.05) is 26.2 Å². The minimum absolute atomic E-state index is 0.172. The van der Waals surface area contributed by atoms with Crippen molar-refractivity contribution in [2.24, 2.45) is 0 Å². The van der Waals surface area contributed by atoms with Crippen molar-refractivity contribution < 1.29 is 14.3 Å². The van der Waals surface area contributed by atoms with Crippen LogP contribution in [0.3, 0.4) is 0 Å². The highest BCUT2D eigenvalue weighted by molar-refractivity contribution is 5.75. The molecular weight excluding hydrogens is 256 g/mol. The molecule has 0 saturated heterocycles. The summed E-state index contributed by atoms with van der Waals surface area (Å²) in [5.41, 5.74) is 0. The number of methoxy groups -OCH3 is 2. The molecule has 2 atom stereocenters. The van der Waals surface area contributed by atoms with Crippen LogP contribution in [0.5, 0.6) is 0 Å². The average molecular weight is 288 g/mol. The minimum atomic E-state index is -0.214. The Morgan fingerprint density at radius 1 is 1.25 bits per heavy atom. The molecule has 120 valence electrons. The number of ether oxygens (including phenoxy) is 2. The Hall–Kier alpha value is -0.650. The van der Waals surface area contributed by atoms with Crippen LogP contribution in [0.15, 0.2) is 0 Å². The Bertz CT molecular complexity index is 249. The first-order valence-corrected chi connectivity index (χ1v) is 7.64. The molecule has 2 unspecified atom stereocenters. The smallest absolute Gasteiger partial charge is 0.322 e. The van der Waals surface area contributed by atoms with Crippen LogP contribution in [0, 0.1) is 0 Å². The van der Waals surface area contributed by atoms with E-state index in [1.165, 1.54) is 7.11 Å². The minimum Gasteiger partial charge on any atom is -0.468 e. The molecule has 0 aliphatic rings. The normalized spacial score (nSPS) is 14.3. The number of esters is 1. The van der Waals surface area contributed by atoms with E-state index < -0.39 is 0 Å². The standard InChI is InChI=1S/C15H32N2O3/c1-6-9-16-14(15(18)20-5)8-10-17(11-12-19-4)13(3)7-2/h13-14,16H,6-12H2,1-5H3. The van der Waals surface area contributed by atoms with Crippen LogP contribution < -0.4 is 5.32 Å². The molecule has 0 aromatic carbocycles. The third kappa shape index (κ3) is 7.82. The van der Waals surface area contributed by atoms with Crippen molar-refractivity contribution in [1.29, 1.82) is 0 Å². The second-order valence-corrected chi connectivity index (χ2v) is 5.10. The van der Waals surface area contributed by atoms with Gasteiger partial charge in [-0.05, 0) is 32.7 Å². The van der Waals surface area contributed by atoms with E-state index in [-0.39, 0.29) is 12.0 Å². The van der Waals surface area contributed by atoms with Crippen LogP contribution in [0.1, 0.15) is 40.0 Å². The van der Waals surface area contributed by atoms with E-state index in [0.717, 1.165) is 45.5 Å². The number of nitrogens with zero attached hydrogens (tertiary/aromatic N) is 1. The van der Waals surface area contributed by atoms with Crippen molar-refractivity contribution in [1.82, 2.24) is 10.2 Å². The quantitative estimate of drug-likeness (QED) is 0.554. The van der Waals surface area contributed by atoms with E-state index >= 15 is 0 Å². The largest absolute Gasteiger partial charge is 0.468 e. The lowest BCUT2D eigenvalue weighted by Gasteiger charge is -2.29. The number of rotatable bonds is 12. The molecule has 0 aromatic heterocycles. The molecule has 0 aromatic rings. The average Bonchev–Trinajstić information content (AvgIpc) is 2.48. The van der Waals surface area contributed by atoms with Crippen LogP contribution in [-0.4, -0.2) is 63.4 Å². The van der Waals surface area contributed by atoms with Crippen molar-refractivity contribution >= 4 is 5.97 Å². The van der Waals surface area contributed by atoms with Gasteiger partial charge in [-0.3, -0.25) is 9.69 Å². The third-order valence-corrected chi connectivity index (χ3v) is 3.63. The molecular formula is C15H32N2O3. The molecule has 0 aliphatic heterocycles. The Kier molecular flexibility index (Phi) is 11.7. The summed E-state index contributed by atoms with van der Waals surface area (Å²) in [5, 5.41) is 3.26. The highest BCUT2D eigenvalue weighted by Gasteiger charge is 2.20. The Labute approximate surface area is 124 Å². The lowest BCUT2D eigenvalue weighted by Crippen LogP contribution is -2.43. The second-order valence-electron chi connectivity index (χ2n) is 5.10. The number of hydrogen-bond donors (Lipinski definition) is 1. The summed E-state index contributed by atoms with van der Waals surface area (Å²) in [6.07, 6.45) is 2.86. The van der Waals surface area contributed by atoms with E-state index in [4.69, 9.17) is 9.47 Å². The summed E-state index contributed by atoms with van der Waals surface area (Å²) >= 11 is 0. The van der Waals surface area contributed by atoms with E-state index in [1.54, 1.807) is 7.11 Å². The van der Waals surface area contributed by atoms with Gasteiger partial charge in [-0.15, -0.1) is 0 Å². The highest BCUT2D eigenvalue weighted by Crippen LogP contribution is 2.07. The molecule has 20 heavy (non-hydrogen) atoms. The summed E-state index contributed by atoms with van der Waals surface area (Å²) in [6.45, 7) is 9.80. The van der Waals surface area contributed by atoms with E-state index in [0.29, 0.717) is 6.04 Å². The van der Waals surface area contributed by atoms with E-state index in [9.17, 15) is 4.79 Å². The van der Waals surface area contributed by atoms with Crippen molar-refractivity contribution in [3.05, 3.63) is 0 Å². The van der Waals surface area contributed by atoms with Gasteiger partial charge in [0.2, 0.25) is 0 Å². The zero-order chi connectivity index (χ0) is 15.4. The maximum atomic E-state index is 11.8. The maximum Gasteiger partial charge on any atom is 0.322 e. The second kappa shape index (κ2) is 12.1. The summed E-state index contributed by atoms with van der Waals surface area (Å²) in [6, 6.07) is 0.281. The van der Waals surface area contributed by atoms with Gasteiger partial charge in [0.15, 0.2) is 0 Å². The molecule has 0 saturated carbocycles. The topological polar surface area (TPSA) is 50.8 Å². The van der Waals surface area contributed by atoms with Crippen molar-refractivity contribution in [2.45, 2.75) is 52.1 Å². The van der Waals surface area contributed by atoms with Gasteiger partial charge in [0.25, 0.3) is 0 Å². The summed E-state index contributed by atoms with van der Waals surface area (Å²) < 4.78 is 10.0. The molecule has 0 heterocycles. The van der Waals surface area contributed by atoms with Crippen LogP contribution in [0.4, 0.5) is 0 Å². The van der Waals surface area contributed by atoms with Crippen molar-refractivity contribution in [2.75, 3.05) is 40.5 Å². The number of carbonyl (C=O) groups excluding carboxylic acids is 1. The van der Waals surface area contributed by atoms with Crippen molar-refractivity contribution in [3.8, 4) is 0 Å². The molecule has 0 spiro atoms. The first kappa shape index (κ1) is 19.4. The fraction of sp³-hybridized carbons (Fsp3) is 0.933. The molecule has 0 aliphatic carbocycles. The lowest BCUT2D eigenvalue weighted by molar-refractivity contribution is -0.143. The van der Waals surface area contributed by atoms with Gasteiger partial charge < -0.3 is 14.8 Å². The summed E-state index contributed by atoms with van der Waals surface area (Å²) in [5.74, 6) is -0.172. The van der Waals surface area contributed by atoms with Gasteiger partial charge in [0.05, 0.1) is 13.7 Å². The van der Waals surface area contributed by atoms with Gasteiger partial charge >= 0.3 is 5.97 Å². The zero-order valence-electron chi connectivity index (χ0n) is 13.8. The fourth-order valence-corrected chi connectivity index (χ4v) is 2.08. The van der Waals surface area contributed by atoms with Crippen molar-refractivity contribution in [3.63, 3.8) is 0 Å². The molecule has 0 radical (unpaired) electrons. The molecule has 0 fully saturated rings. The lowest BCUT2D eigenvalue weighted by atomic mass is 10.1. The predicted octanol–water partition coefficient (Wildman–Crippen LogP) is 1.66. The zero-order valence-corrected chi connectivity index (χ0v) is 13.8. The van der Waals surface area contributed by atoms with Crippen LogP contribution in [-0.2, 0) is 14.3 Å². The summed E-state index contributed by atoms with van der Waals surface area (Å²) in [4.78, 5) is 14.1. The fourth-order valence-electron chi connectivity index (χ4n) is 2.08. The molecule has 1 N–H and O–H groups in total. The van der Waals surface area contributed by atoms with Crippen LogP contribution >= 0.6 is 0 Å². The predicted molar refractivity (Wildman–Crippen MR) is 81.9 cm³/mol. The molecule has 5 nitrogen and oxygen atoms in total. The SMILES string of the molecule is CCCNC(CCN(CCOC)C(C)CC)C(=O)OC. The maximum absolute atomic E-state index is 11.8. The van der Waals surface area contributed by atoms with Gasteiger partial charge in [-0.2, -0.15) is 0 Å². The Morgan fingerprint density at radius 2 is 1.95 bits per heavy atom. The number of nitrogens with one attached hydrogen (secondary N) is 1. The Balaban J connectivity index is 4.39. The Morgan fingerprint density at radius 3 is 2.45 bits per heavy atom. The summed E-state index contributed by atoms with van der Waals surface area (Å²) in [7, 11) is 3.16. The van der Waals surface area contributed by atoms with Crippen LogP contribution in [0.2, 0.25) is 0 Å². The molecule has 0 bridgehead atoms. The van der Waals surface area contributed by atoms with E-state index in [1.807, 2.05) is 0 Å². The highest BCUT2D eigenvalue weighted by atomic mass is 16.5. The van der Waals surface area contributed by atoms with Gasteiger partial charge in [0.1, 0.15) is 6.04 Å². The third-order valence-electron chi connectivity index (χ3n) is 3.63. The monoisotopic (exact) mass is 288 g/mol. The van der Waals surface area contributed by atoms with Gasteiger partial charge in [-0.1, -0.05) is 13.8 Å². The van der Waals surface area contributed by atoms with Crippen LogP contribution in [0.25, 0.3) is 0 Å². The van der Waals surface area contributed by atoms with E-state index in [2.05, 4.69) is 31.0 Å². The molecule has 0 rings (SSSR count). The number of carbonyl (C=O) groups is 1. The molecule has 5 heteroatoms.